The van der Waals surface area contributed by atoms with E-state index in [4.69, 9.17) is 14.2 Å². The van der Waals surface area contributed by atoms with Crippen LogP contribution in [0.1, 0.15) is 12.0 Å². The molecule has 1 saturated heterocycles. The second-order valence-electron chi connectivity index (χ2n) is 5.80. The van der Waals surface area contributed by atoms with Gasteiger partial charge in [0.1, 0.15) is 12.5 Å². The van der Waals surface area contributed by atoms with Gasteiger partial charge in [0, 0.05) is 17.2 Å². The zero-order valence-corrected chi connectivity index (χ0v) is 14.5. The summed E-state index contributed by atoms with van der Waals surface area (Å²) in [5.74, 6) is 1.66. The van der Waals surface area contributed by atoms with Gasteiger partial charge in [-0.3, -0.25) is 4.40 Å². The Kier molecular flexibility index (Phi) is 4.30. The van der Waals surface area contributed by atoms with Crippen LogP contribution in [0, 0.1) is 6.92 Å². The molecule has 4 rings (SSSR count). The van der Waals surface area contributed by atoms with E-state index in [9.17, 15) is 0 Å². The zero-order chi connectivity index (χ0) is 16.5. The molecule has 7 heteroatoms. The van der Waals surface area contributed by atoms with Gasteiger partial charge in [0.2, 0.25) is 0 Å². The first-order chi connectivity index (χ1) is 11.8. The highest BCUT2D eigenvalue weighted by Gasteiger charge is 2.17. The van der Waals surface area contributed by atoms with Crippen LogP contribution in [-0.2, 0) is 9.47 Å². The molecule has 1 atom stereocenters. The standard InChI is InChI=1S/C17H19N3O3S/c1-11-7-16-18-19-17(24-9-13-5-6-22-10-23-13)20(16)15-8-12(21-2)3-4-14(11)15/h3-4,7-8,13H,5-6,9-10H2,1-2H3/t13-/m1/s1. The first-order valence-corrected chi connectivity index (χ1v) is 8.89. The van der Waals surface area contributed by atoms with Gasteiger partial charge in [-0.05, 0) is 37.1 Å². The lowest BCUT2D eigenvalue weighted by Crippen LogP contribution is -2.25. The summed E-state index contributed by atoms with van der Waals surface area (Å²) in [6.07, 6.45) is 1.11. The maximum atomic E-state index is 5.61. The smallest absolute Gasteiger partial charge is 0.196 e. The number of aromatic nitrogens is 3. The van der Waals surface area contributed by atoms with E-state index in [0.717, 1.165) is 40.9 Å². The second-order valence-corrected chi connectivity index (χ2v) is 6.79. The van der Waals surface area contributed by atoms with E-state index in [1.807, 2.05) is 12.1 Å². The lowest BCUT2D eigenvalue weighted by molar-refractivity contribution is -0.130. The minimum absolute atomic E-state index is 0.197. The van der Waals surface area contributed by atoms with Crippen molar-refractivity contribution < 1.29 is 14.2 Å². The third-order valence-electron chi connectivity index (χ3n) is 4.24. The topological polar surface area (TPSA) is 57.9 Å². The Balaban J connectivity index is 1.74. The highest BCUT2D eigenvalue weighted by atomic mass is 32.2. The molecule has 0 unspecified atom stereocenters. The van der Waals surface area contributed by atoms with E-state index >= 15 is 0 Å². The predicted molar refractivity (Wildman–Crippen MR) is 92.8 cm³/mol. The van der Waals surface area contributed by atoms with Gasteiger partial charge < -0.3 is 14.2 Å². The van der Waals surface area contributed by atoms with Crippen molar-refractivity contribution in [3.63, 3.8) is 0 Å². The van der Waals surface area contributed by atoms with Crippen LogP contribution in [0.5, 0.6) is 5.75 Å². The Hall–Kier alpha value is -1.83. The lowest BCUT2D eigenvalue weighted by Gasteiger charge is -2.21. The van der Waals surface area contributed by atoms with Crippen molar-refractivity contribution in [2.24, 2.45) is 0 Å². The molecule has 1 fully saturated rings. The van der Waals surface area contributed by atoms with Crippen LogP contribution < -0.4 is 4.74 Å². The highest BCUT2D eigenvalue weighted by molar-refractivity contribution is 7.99. The third kappa shape index (κ3) is 2.83. The predicted octanol–water partition coefficient (Wildman–Crippen LogP) is 3.05. The summed E-state index contributed by atoms with van der Waals surface area (Å²) in [6.45, 7) is 3.22. The van der Waals surface area contributed by atoms with Crippen LogP contribution in [0.15, 0.2) is 29.4 Å². The van der Waals surface area contributed by atoms with Crippen LogP contribution in [0.4, 0.5) is 0 Å². The van der Waals surface area contributed by atoms with E-state index in [-0.39, 0.29) is 6.10 Å². The number of hydrogen-bond acceptors (Lipinski definition) is 6. The van der Waals surface area contributed by atoms with Crippen molar-refractivity contribution in [2.45, 2.75) is 24.6 Å². The molecule has 6 nitrogen and oxygen atoms in total. The molecule has 0 radical (unpaired) electrons. The molecule has 24 heavy (non-hydrogen) atoms. The number of benzene rings is 1. The number of ether oxygens (including phenoxy) is 3. The van der Waals surface area contributed by atoms with Gasteiger partial charge in [0.15, 0.2) is 10.8 Å². The first-order valence-electron chi connectivity index (χ1n) is 7.91. The van der Waals surface area contributed by atoms with Crippen LogP contribution >= 0.6 is 11.8 Å². The number of aryl methyl sites for hydroxylation is 1. The van der Waals surface area contributed by atoms with Crippen molar-refractivity contribution in [3.05, 3.63) is 29.8 Å². The summed E-state index contributed by atoms with van der Waals surface area (Å²) < 4.78 is 18.3. The molecule has 0 saturated carbocycles. The highest BCUT2D eigenvalue weighted by Crippen LogP contribution is 2.29. The molecule has 0 spiro atoms. The molecule has 3 heterocycles. The molecule has 1 aliphatic heterocycles. The summed E-state index contributed by atoms with van der Waals surface area (Å²) in [4.78, 5) is 0. The van der Waals surface area contributed by atoms with Crippen LogP contribution in [0.25, 0.3) is 16.6 Å². The van der Waals surface area contributed by atoms with Crippen molar-refractivity contribution in [3.8, 4) is 5.75 Å². The summed E-state index contributed by atoms with van der Waals surface area (Å²) in [5, 5.41) is 10.8. The van der Waals surface area contributed by atoms with Gasteiger partial charge in [-0.25, -0.2) is 0 Å². The molecule has 0 aliphatic carbocycles. The average molecular weight is 345 g/mol. The maximum absolute atomic E-state index is 5.61. The Labute approximate surface area is 144 Å². The van der Waals surface area contributed by atoms with Crippen molar-refractivity contribution in [1.29, 1.82) is 0 Å². The number of thioether (sulfide) groups is 1. The molecule has 126 valence electrons. The molecule has 2 aromatic heterocycles. The summed E-state index contributed by atoms with van der Waals surface area (Å²) in [7, 11) is 1.68. The van der Waals surface area contributed by atoms with E-state index in [1.165, 1.54) is 10.9 Å². The van der Waals surface area contributed by atoms with E-state index < -0.39 is 0 Å². The van der Waals surface area contributed by atoms with Gasteiger partial charge >= 0.3 is 0 Å². The molecule has 0 bridgehead atoms. The van der Waals surface area contributed by atoms with E-state index in [0.29, 0.717) is 6.79 Å². The Morgan fingerprint density at radius 2 is 2.25 bits per heavy atom. The molecule has 0 amide bonds. The van der Waals surface area contributed by atoms with E-state index in [2.05, 4.69) is 33.7 Å². The summed E-state index contributed by atoms with van der Waals surface area (Å²) in [5.41, 5.74) is 3.09. The normalized spacial score (nSPS) is 18.3. The average Bonchev–Trinajstić information content (AvgIpc) is 3.03. The fourth-order valence-corrected chi connectivity index (χ4v) is 3.94. The summed E-state index contributed by atoms with van der Waals surface area (Å²) in [6, 6.07) is 8.16. The fraction of sp³-hybridized carbons (Fsp3) is 0.412. The van der Waals surface area contributed by atoms with Crippen molar-refractivity contribution in [2.75, 3.05) is 26.3 Å². The minimum atomic E-state index is 0.197. The molecular formula is C17H19N3O3S. The fourth-order valence-electron chi connectivity index (χ4n) is 2.92. The third-order valence-corrected chi connectivity index (χ3v) is 5.31. The molecule has 1 aliphatic rings. The van der Waals surface area contributed by atoms with Crippen molar-refractivity contribution >= 4 is 28.3 Å². The molecule has 3 aromatic rings. The Morgan fingerprint density at radius 3 is 3.04 bits per heavy atom. The number of methoxy groups -OCH3 is 1. The first kappa shape index (κ1) is 15.7. The largest absolute Gasteiger partial charge is 0.497 e. The van der Waals surface area contributed by atoms with Gasteiger partial charge in [0.25, 0.3) is 0 Å². The van der Waals surface area contributed by atoms with Crippen LogP contribution in [0.3, 0.4) is 0 Å². The summed E-state index contributed by atoms with van der Waals surface area (Å²) >= 11 is 1.67. The SMILES string of the molecule is COc1ccc2c(C)cc3nnc(SC[C@H]4CCOCO4)n3c2c1. The molecular weight excluding hydrogens is 326 g/mol. The van der Waals surface area contributed by atoms with E-state index in [1.54, 1.807) is 18.9 Å². The van der Waals surface area contributed by atoms with Crippen LogP contribution in [0.2, 0.25) is 0 Å². The number of nitrogens with zero attached hydrogens (tertiary/aromatic N) is 3. The molecule has 0 N–H and O–H groups in total. The maximum Gasteiger partial charge on any atom is 0.196 e. The minimum Gasteiger partial charge on any atom is -0.497 e. The van der Waals surface area contributed by atoms with Gasteiger partial charge in [-0.15, -0.1) is 10.2 Å². The number of rotatable bonds is 4. The van der Waals surface area contributed by atoms with Gasteiger partial charge in [-0.2, -0.15) is 0 Å². The molecule has 1 aromatic carbocycles. The zero-order valence-electron chi connectivity index (χ0n) is 13.7. The van der Waals surface area contributed by atoms with Crippen LogP contribution in [-0.4, -0.2) is 47.0 Å². The van der Waals surface area contributed by atoms with Crippen molar-refractivity contribution in [1.82, 2.24) is 14.6 Å². The van der Waals surface area contributed by atoms with Gasteiger partial charge in [0.05, 0.1) is 25.3 Å². The Morgan fingerprint density at radius 1 is 1.33 bits per heavy atom. The second kappa shape index (κ2) is 6.58. The van der Waals surface area contributed by atoms with Gasteiger partial charge in [-0.1, -0.05) is 11.8 Å². The number of hydrogen-bond donors (Lipinski definition) is 0. The number of pyridine rings is 1. The monoisotopic (exact) mass is 345 g/mol. The quantitative estimate of drug-likeness (QED) is 0.678. The number of fused-ring (bicyclic) bond motifs is 3. The lowest BCUT2D eigenvalue weighted by atomic mass is 10.1. The Bertz CT molecular complexity index is 874.